The smallest absolute Gasteiger partial charge is 0.197 e. The molecule has 282 valence electrons. The molecule has 0 spiro atoms. The van der Waals surface area contributed by atoms with E-state index in [4.69, 9.17) is 18.9 Å². The van der Waals surface area contributed by atoms with Crippen molar-refractivity contribution in [3.63, 3.8) is 0 Å². The molecule has 0 amide bonds. The van der Waals surface area contributed by atoms with Crippen LogP contribution in [0.5, 0.6) is 11.5 Å². The Morgan fingerprint density at radius 1 is 0.811 bits per heavy atom. The maximum absolute atomic E-state index is 6.79. The zero-order valence-electron chi connectivity index (χ0n) is 33.3. The molecule has 2 aliphatic carbocycles. The highest BCUT2D eigenvalue weighted by molar-refractivity contribution is 5.82. The van der Waals surface area contributed by atoms with Crippen LogP contribution in [0.25, 0.3) is 10.8 Å². The van der Waals surface area contributed by atoms with Crippen LogP contribution in [-0.4, -0.2) is 25.6 Å². The molecule has 0 fully saturated rings. The number of rotatable bonds is 17. The van der Waals surface area contributed by atoms with E-state index in [0.29, 0.717) is 43.5 Å². The number of fused-ring (bicyclic) bond motifs is 1. The lowest BCUT2D eigenvalue weighted by Gasteiger charge is -2.45. The minimum absolute atomic E-state index is 0.00132. The molecule has 0 radical (unpaired) electrons. The summed E-state index contributed by atoms with van der Waals surface area (Å²) < 4.78 is 24.8. The zero-order chi connectivity index (χ0) is 37.4. The van der Waals surface area contributed by atoms with Crippen LogP contribution < -0.4 is 9.47 Å². The fourth-order valence-corrected chi connectivity index (χ4v) is 8.66. The Kier molecular flexibility index (Phi) is 13.2. The molecule has 0 heterocycles. The topological polar surface area (TPSA) is 36.9 Å². The van der Waals surface area contributed by atoms with E-state index in [-0.39, 0.29) is 17.8 Å². The Hall–Kier alpha value is -3.86. The minimum Gasteiger partial charge on any atom is -0.491 e. The summed E-state index contributed by atoms with van der Waals surface area (Å²) in [6, 6.07) is 32.4. The third-order valence-corrected chi connectivity index (χ3v) is 11.8. The number of allylic oxidation sites excluding steroid dienone is 2. The molecule has 4 nitrogen and oxygen atoms in total. The lowest BCUT2D eigenvalue weighted by Crippen LogP contribution is -2.36. The Balaban J connectivity index is 1.05. The highest BCUT2D eigenvalue weighted by Gasteiger charge is 2.41. The molecule has 6 atom stereocenters. The molecule has 0 bridgehead atoms. The van der Waals surface area contributed by atoms with Gasteiger partial charge in [0.2, 0.25) is 0 Å². The molecule has 6 unspecified atom stereocenters. The maximum Gasteiger partial charge on any atom is 0.197 e. The van der Waals surface area contributed by atoms with Gasteiger partial charge in [-0.05, 0) is 126 Å². The van der Waals surface area contributed by atoms with E-state index in [1.54, 1.807) is 5.57 Å². The third-order valence-electron chi connectivity index (χ3n) is 11.8. The molecule has 0 N–H and O–H groups in total. The largest absolute Gasteiger partial charge is 0.491 e. The number of ether oxygens (including phenoxy) is 4. The zero-order valence-corrected chi connectivity index (χ0v) is 33.3. The Morgan fingerprint density at radius 2 is 1.55 bits per heavy atom. The predicted molar refractivity (Wildman–Crippen MR) is 220 cm³/mol. The second-order valence-corrected chi connectivity index (χ2v) is 16.3. The Morgan fingerprint density at radius 3 is 2.28 bits per heavy atom. The van der Waals surface area contributed by atoms with Crippen molar-refractivity contribution >= 4 is 10.8 Å². The summed E-state index contributed by atoms with van der Waals surface area (Å²) in [4.78, 5) is 0. The van der Waals surface area contributed by atoms with Gasteiger partial charge in [0, 0.05) is 5.41 Å². The Bertz CT molecular complexity index is 1820. The molecule has 4 heteroatoms. The van der Waals surface area contributed by atoms with E-state index in [1.165, 1.54) is 52.3 Å². The van der Waals surface area contributed by atoms with E-state index in [9.17, 15) is 0 Å². The third kappa shape index (κ3) is 9.82. The highest BCUT2D eigenvalue weighted by Crippen LogP contribution is 2.52. The predicted octanol–water partition coefficient (Wildman–Crippen LogP) is 13.0. The molecule has 53 heavy (non-hydrogen) atoms. The fraction of sp³-hybridized carbons (Fsp3) is 0.469. The first-order valence-electron chi connectivity index (χ1n) is 20.2. The van der Waals surface area contributed by atoms with Gasteiger partial charge in [-0.2, -0.15) is 0 Å². The van der Waals surface area contributed by atoms with E-state index in [2.05, 4.69) is 133 Å². The van der Waals surface area contributed by atoms with Gasteiger partial charge < -0.3 is 18.9 Å². The minimum atomic E-state index is -0.351. The second-order valence-electron chi connectivity index (χ2n) is 16.3. The van der Waals surface area contributed by atoms with Crippen LogP contribution in [0.3, 0.4) is 0 Å². The molecule has 4 aromatic rings. The van der Waals surface area contributed by atoms with Gasteiger partial charge in [-0.25, -0.2) is 0 Å². The standard InChI is InChI=1S/C49H62O4/c1-8-11-35(4)39-16-23-45(24-17-39)53-37(6)50-28-29-51-44-21-18-41(19-22-44)43-20-25-47-46(32-43)48(26-27-49(47,7)36(5)30-34(2)3)52-33-38-14-15-40-12-9-10-13-42(40)31-38/h9-10,12-19,21-24,26-27,31,34-37,43,48H,8,11,20,25,28-30,32-33H2,1-7H3. The molecule has 0 aliphatic heterocycles. The summed E-state index contributed by atoms with van der Waals surface area (Å²) in [6.07, 6.45) is 11.4. The summed E-state index contributed by atoms with van der Waals surface area (Å²) in [7, 11) is 0. The van der Waals surface area contributed by atoms with Gasteiger partial charge in [0.25, 0.3) is 0 Å². The van der Waals surface area contributed by atoms with E-state index < -0.39 is 0 Å². The monoisotopic (exact) mass is 714 g/mol. The quantitative estimate of drug-likeness (QED) is 0.0620. The lowest BCUT2D eigenvalue weighted by atomic mass is 9.61. The average molecular weight is 715 g/mol. The SMILES string of the molecule is CCCC(C)c1ccc(OC(C)OCCOc2ccc(C3CCC4=C(C3)C(OCc3ccc5ccccc5c3)C=CC4(C)C(C)CC(C)C)cc2)cc1. The number of benzene rings is 4. The van der Waals surface area contributed by atoms with Crippen LogP contribution in [0.15, 0.2) is 114 Å². The Labute approximate surface area is 319 Å². The lowest BCUT2D eigenvalue weighted by molar-refractivity contribution is -0.0739. The van der Waals surface area contributed by atoms with Crippen molar-refractivity contribution in [2.75, 3.05) is 13.2 Å². The van der Waals surface area contributed by atoms with E-state index in [0.717, 1.165) is 30.8 Å². The van der Waals surface area contributed by atoms with Crippen molar-refractivity contribution in [1.29, 1.82) is 0 Å². The number of hydrogen-bond acceptors (Lipinski definition) is 4. The molecule has 4 aromatic carbocycles. The van der Waals surface area contributed by atoms with Crippen molar-refractivity contribution in [2.45, 2.75) is 118 Å². The van der Waals surface area contributed by atoms with Crippen LogP contribution in [0.4, 0.5) is 0 Å². The first-order chi connectivity index (χ1) is 25.6. The van der Waals surface area contributed by atoms with Crippen molar-refractivity contribution in [3.8, 4) is 11.5 Å². The molecule has 0 aromatic heterocycles. The summed E-state index contributed by atoms with van der Waals surface area (Å²) in [5.74, 6) is 3.96. The molecular weight excluding hydrogens is 653 g/mol. The first kappa shape index (κ1) is 38.9. The van der Waals surface area contributed by atoms with Gasteiger partial charge in [-0.3, -0.25) is 0 Å². The normalized spacial score (nSPS) is 21.7. The van der Waals surface area contributed by atoms with Gasteiger partial charge in [0.05, 0.1) is 19.3 Å². The van der Waals surface area contributed by atoms with Crippen LogP contribution in [0.1, 0.15) is 116 Å². The van der Waals surface area contributed by atoms with Gasteiger partial charge >= 0.3 is 0 Å². The van der Waals surface area contributed by atoms with Crippen molar-refractivity contribution < 1.29 is 18.9 Å². The van der Waals surface area contributed by atoms with Crippen LogP contribution in [-0.2, 0) is 16.1 Å². The number of hydrogen-bond donors (Lipinski definition) is 0. The molecule has 0 saturated carbocycles. The van der Waals surface area contributed by atoms with Crippen molar-refractivity contribution in [3.05, 3.63) is 131 Å². The van der Waals surface area contributed by atoms with Crippen molar-refractivity contribution in [1.82, 2.24) is 0 Å². The van der Waals surface area contributed by atoms with Gasteiger partial charge in [-0.15, -0.1) is 0 Å². The maximum atomic E-state index is 6.79. The molecule has 6 rings (SSSR count). The average Bonchev–Trinajstić information content (AvgIpc) is 3.16. The first-order valence-corrected chi connectivity index (χ1v) is 20.2. The van der Waals surface area contributed by atoms with Gasteiger partial charge in [0.1, 0.15) is 18.1 Å². The van der Waals surface area contributed by atoms with Crippen LogP contribution >= 0.6 is 0 Å². The summed E-state index contributed by atoms with van der Waals surface area (Å²) in [5, 5.41) is 2.53. The molecule has 0 saturated heterocycles. The summed E-state index contributed by atoms with van der Waals surface area (Å²) >= 11 is 0. The second kappa shape index (κ2) is 18.0. The molecule has 2 aliphatic rings. The van der Waals surface area contributed by atoms with E-state index in [1.807, 2.05) is 19.1 Å². The summed E-state index contributed by atoms with van der Waals surface area (Å²) in [5.41, 5.74) is 7.12. The van der Waals surface area contributed by atoms with Crippen LogP contribution in [0.2, 0.25) is 0 Å². The van der Waals surface area contributed by atoms with E-state index >= 15 is 0 Å². The van der Waals surface area contributed by atoms with Gasteiger partial charge in [0.15, 0.2) is 6.29 Å². The summed E-state index contributed by atoms with van der Waals surface area (Å²) in [6.45, 7) is 17.6. The van der Waals surface area contributed by atoms with Crippen molar-refractivity contribution in [2.24, 2.45) is 17.3 Å². The van der Waals surface area contributed by atoms with Crippen LogP contribution in [0, 0.1) is 17.3 Å². The highest BCUT2D eigenvalue weighted by atomic mass is 16.7. The fourth-order valence-electron chi connectivity index (χ4n) is 8.66. The van der Waals surface area contributed by atoms with Gasteiger partial charge in [-0.1, -0.05) is 126 Å². The molecular formula is C49H62O4.